The van der Waals surface area contributed by atoms with Gasteiger partial charge in [-0.25, -0.2) is 4.99 Å². The molecule has 5 atom stereocenters. The fraction of sp³-hybridized carbons (Fsp3) is 0.325. The Morgan fingerprint density at radius 2 is 1.94 bits per heavy atom. The van der Waals surface area contributed by atoms with Crippen molar-refractivity contribution < 1.29 is 0 Å². The lowest BCUT2D eigenvalue weighted by atomic mass is 9.57. The van der Waals surface area contributed by atoms with Crippen LogP contribution < -0.4 is 4.90 Å². The number of fused-ring (bicyclic) bond motifs is 3. The summed E-state index contributed by atoms with van der Waals surface area (Å²) in [6, 6.07) is 8.42. The zero-order chi connectivity index (χ0) is 35.2. The van der Waals surface area contributed by atoms with Crippen molar-refractivity contribution in [1.29, 1.82) is 0 Å². The van der Waals surface area contributed by atoms with E-state index in [2.05, 4.69) is 53.7 Å². The highest BCUT2D eigenvalue weighted by Crippen LogP contribution is 2.66. The van der Waals surface area contributed by atoms with Gasteiger partial charge < -0.3 is 0 Å². The molecular formula is C40H38N12. The maximum absolute atomic E-state index is 5.35. The Kier molecular flexibility index (Phi) is 6.71. The van der Waals surface area contributed by atoms with Crippen LogP contribution in [0, 0.1) is 11.8 Å². The topological polar surface area (TPSA) is 127 Å². The van der Waals surface area contributed by atoms with E-state index in [4.69, 9.17) is 34.9 Å². The summed E-state index contributed by atoms with van der Waals surface area (Å²) >= 11 is 0. The quantitative estimate of drug-likeness (QED) is 0.157. The molecule has 5 unspecified atom stereocenters. The van der Waals surface area contributed by atoms with E-state index in [1.165, 1.54) is 0 Å². The summed E-state index contributed by atoms with van der Waals surface area (Å²) in [5, 5.41) is 0. The van der Waals surface area contributed by atoms with E-state index in [0.29, 0.717) is 29.8 Å². The van der Waals surface area contributed by atoms with Crippen LogP contribution in [-0.2, 0) is 11.8 Å². The monoisotopic (exact) mass is 686 g/mol. The SMILES string of the molecule is C=Nc1c2c(n(-c3nc(N4c5ccncc5C56C=CC=NC45CC6)nc(-n4c(C=NC5CC5CC)cc5ncccc54)n3)c1/C=C\C)N=CC(C)C2. The van der Waals surface area contributed by atoms with Crippen LogP contribution in [-0.4, -0.2) is 71.1 Å². The van der Waals surface area contributed by atoms with E-state index in [1.807, 2.05) is 83.7 Å². The maximum Gasteiger partial charge on any atom is 0.242 e. The lowest BCUT2D eigenvalue weighted by Gasteiger charge is -2.55. The van der Waals surface area contributed by atoms with E-state index in [0.717, 1.165) is 82.8 Å². The van der Waals surface area contributed by atoms with Gasteiger partial charge in [0.25, 0.3) is 0 Å². The van der Waals surface area contributed by atoms with Gasteiger partial charge in [-0.15, -0.1) is 0 Å². The second-order valence-electron chi connectivity index (χ2n) is 14.4. The Bertz CT molecular complexity index is 2460. The Labute approximate surface area is 301 Å². The molecule has 5 aromatic heterocycles. The molecule has 0 saturated heterocycles. The van der Waals surface area contributed by atoms with Gasteiger partial charge in [0, 0.05) is 48.4 Å². The molecule has 5 aromatic rings. The average molecular weight is 687 g/mol. The number of anilines is 2. The third-order valence-corrected chi connectivity index (χ3v) is 11.5. The standard InChI is InChI=1S/C40H38N12/c1-5-9-33-34(41-4)27-18-24(3)21-45-35(27)51(33)37-47-36(50-26(22-44-29-19-25(29)6-2)20-30-32(50)10-7-15-43-30)48-38(49-37)52-31-11-17-42-23-28(31)39-12-8-16-46-40(39,52)14-13-39/h5,7-12,15-17,20-25,29H,4,6,13-14,18-19H2,1-3H3/b9-5-,44-22?. The van der Waals surface area contributed by atoms with Gasteiger partial charge in [-0.2, -0.15) is 15.0 Å². The van der Waals surface area contributed by atoms with Crippen molar-refractivity contribution in [3.8, 4) is 11.9 Å². The molecule has 5 aliphatic rings. The first-order valence-electron chi connectivity index (χ1n) is 18.2. The molecule has 10 rings (SSSR count). The number of aromatic nitrogens is 7. The summed E-state index contributed by atoms with van der Waals surface area (Å²) in [6.45, 7) is 10.4. The summed E-state index contributed by atoms with van der Waals surface area (Å²) in [6.07, 6.45) is 24.6. The average Bonchev–Trinajstić information content (AvgIpc) is 3.65. The number of nitrogens with zero attached hydrogens (tertiary/aromatic N) is 12. The molecule has 12 heteroatoms. The lowest BCUT2D eigenvalue weighted by Crippen LogP contribution is -2.63. The fourth-order valence-electron chi connectivity index (χ4n) is 8.84. The number of allylic oxidation sites excluding steroid dienone is 2. The fourth-order valence-corrected chi connectivity index (χ4v) is 8.84. The zero-order valence-corrected chi connectivity index (χ0v) is 29.4. The first-order valence-corrected chi connectivity index (χ1v) is 18.2. The van der Waals surface area contributed by atoms with Crippen LogP contribution in [0.15, 0.2) is 81.1 Å². The van der Waals surface area contributed by atoms with Crippen LogP contribution in [0.1, 0.15) is 69.0 Å². The normalized spacial score (nSPS) is 26.5. The number of hydrogen-bond donors (Lipinski definition) is 0. The number of dihydropyridines is 1. The number of pyridine rings is 2. The van der Waals surface area contributed by atoms with Crippen LogP contribution in [0.2, 0.25) is 0 Å². The molecule has 0 N–H and O–H groups in total. The van der Waals surface area contributed by atoms with Gasteiger partial charge in [-0.1, -0.05) is 32.4 Å². The molecule has 8 heterocycles. The number of rotatable bonds is 8. The highest BCUT2D eigenvalue weighted by molar-refractivity contribution is 5.90. The van der Waals surface area contributed by atoms with Crippen molar-refractivity contribution in [2.75, 3.05) is 4.90 Å². The van der Waals surface area contributed by atoms with Crippen LogP contribution in [0.25, 0.3) is 29.0 Å². The lowest BCUT2D eigenvalue weighted by molar-refractivity contribution is 0.149. The zero-order valence-electron chi connectivity index (χ0n) is 29.4. The van der Waals surface area contributed by atoms with E-state index in [-0.39, 0.29) is 11.3 Å². The molecule has 12 nitrogen and oxygen atoms in total. The minimum Gasteiger partial charge on any atom is -0.287 e. The van der Waals surface area contributed by atoms with Crippen molar-refractivity contribution in [2.24, 2.45) is 31.8 Å². The van der Waals surface area contributed by atoms with Gasteiger partial charge in [0.2, 0.25) is 17.8 Å². The van der Waals surface area contributed by atoms with Crippen LogP contribution in [0.3, 0.4) is 0 Å². The Balaban J connectivity index is 1.26. The first kappa shape index (κ1) is 30.9. The predicted octanol–water partition coefficient (Wildman–Crippen LogP) is 7.39. The summed E-state index contributed by atoms with van der Waals surface area (Å²) < 4.78 is 4.05. The van der Waals surface area contributed by atoms with Gasteiger partial charge in [-0.05, 0) is 87.6 Å². The molecule has 0 spiro atoms. The van der Waals surface area contributed by atoms with E-state index in [1.54, 1.807) is 0 Å². The van der Waals surface area contributed by atoms with Gasteiger partial charge in [0.1, 0.15) is 5.82 Å². The summed E-state index contributed by atoms with van der Waals surface area (Å²) in [5.74, 6) is 2.98. The van der Waals surface area contributed by atoms with Gasteiger partial charge in [0.05, 0.1) is 45.3 Å². The second-order valence-corrected chi connectivity index (χ2v) is 14.4. The molecule has 0 radical (unpaired) electrons. The Morgan fingerprint density at radius 1 is 1.08 bits per heavy atom. The van der Waals surface area contributed by atoms with Crippen LogP contribution >= 0.6 is 0 Å². The van der Waals surface area contributed by atoms with E-state index in [9.17, 15) is 0 Å². The van der Waals surface area contributed by atoms with Crippen molar-refractivity contribution >= 4 is 65.6 Å². The third kappa shape index (κ3) is 4.17. The molecule has 52 heavy (non-hydrogen) atoms. The third-order valence-electron chi connectivity index (χ3n) is 11.5. The smallest absolute Gasteiger partial charge is 0.242 e. The Morgan fingerprint density at radius 3 is 2.73 bits per heavy atom. The molecule has 0 aromatic carbocycles. The van der Waals surface area contributed by atoms with Crippen LogP contribution in [0.4, 0.5) is 23.1 Å². The van der Waals surface area contributed by atoms with Crippen molar-refractivity contribution in [2.45, 2.75) is 70.0 Å². The largest absolute Gasteiger partial charge is 0.287 e. The molecule has 0 bridgehead atoms. The molecule has 0 amide bonds. The van der Waals surface area contributed by atoms with Crippen molar-refractivity contribution in [1.82, 2.24) is 34.1 Å². The molecule has 258 valence electrons. The first-order chi connectivity index (χ1) is 25.5. The van der Waals surface area contributed by atoms with Crippen LogP contribution in [0.5, 0.6) is 0 Å². The van der Waals surface area contributed by atoms with Crippen molar-refractivity contribution in [3.63, 3.8) is 0 Å². The van der Waals surface area contributed by atoms with Gasteiger partial charge >= 0.3 is 0 Å². The molecule has 2 aliphatic carbocycles. The minimum atomic E-state index is -0.627. The summed E-state index contributed by atoms with van der Waals surface area (Å²) in [5.41, 5.74) is 6.34. The highest BCUT2D eigenvalue weighted by atomic mass is 15.4. The predicted molar refractivity (Wildman–Crippen MR) is 206 cm³/mol. The van der Waals surface area contributed by atoms with E-state index < -0.39 is 5.66 Å². The molecule has 3 aliphatic heterocycles. The minimum absolute atomic E-state index is 0.254. The van der Waals surface area contributed by atoms with Gasteiger partial charge in [-0.3, -0.25) is 39.0 Å². The number of aliphatic imine (C=N–C) groups is 4. The van der Waals surface area contributed by atoms with E-state index >= 15 is 0 Å². The summed E-state index contributed by atoms with van der Waals surface area (Å²) in [7, 11) is 0. The van der Waals surface area contributed by atoms with Crippen molar-refractivity contribution in [3.05, 3.63) is 83.6 Å². The highest BCUT2D eigenvalue weighted by Gasteiger charge is 2.69. The molecule has 2 fully saturated rings. The number of hydrogen-bond acceptors (Lipinski definition) is 10. The maximum atomic E-state index is 5.35. The molecular weight excluding hydrogens is 649 g/mol. The molecule has 2 saturated carbocycles. The summed E-state index contributed by atoms with van der Waals surface area (Å²) in [4.78, 5) is 47.2. The Hall–Kier alpha value is -5.91. The van der Waals surface area contributed by atoms with Gasteiger partial charge in [0.15, 0.2) is 5.66 Å². The second kappa shape index (κ2) is 11.3.